The van der Waals surface area contributed by atoms with Gasteiger partial charge < -0.3 is 20.9 Å². The molecule has 12 heteroatoms. The first kappa shape index (κ1) is 21.1. The number of aryl methyl sites for hydroxylation is 1. The van der Waals surface area contributed by atoms with E-state index in [-0.39, 0.29) is 17.4 Å². The van der Waals surface area contributed by atoms with E-state index in [0.29, 0.717) is 17.8 Å². The van der Waals surface area contributed by atoms with Crippen LogP contribution in [0.2, 0.25) is 0 Å². The Bertz CT molecular complexity index is 1410. The Kier molecular flexibility index (Phi) is 5.17. The van der Waals surface area contributed by atoms with Gasteiger partial charge in [0.15, 0.2) is 11.5 Å². The molecule has 0 fully saturated rings. The first-order chi connectivity index (χ1) is 16.4. The fourth-order valence-corrected chi connectivity index (χ4v) is 3.96. The number of para-hydroxylation sites is 1. The molecule has 5 rings (SSSR count). The molecule has 2 amide bonds. The van der Waals surface area contributed by atoms with Gasteiger partial charge in [0.2, 0.25) is 0 Å². The van der Waals surface area contributed by atoms with Gasteiger partial charge >= 0.3 is 0 Å². The zero-order valence-corrected chi connectivity index (χ0v) is 18.7. The standard InChI is InChI=1S/C22H22N10O2/c1-23-22(34)19-16(7-18(29-30-19)27-21(33)12-8-25-32(3)10-12)26-15-6-4-5-13-14-9-24-28-17(14)11-31(2)20(13)15/h4-10H,11H2,1-3H3,(H,23,34)(H,24,28)(H2,26,27,29,33). The Morgan fingerprint density at radius 2 is 1.91 bits per heavy atom. The number of aromatic nitrogens is 6. The summed E-state index contributed by atoms with van der Waals surface area (Å²) in [5.41, 5.74) is 5.67. The van der Waals surface area contributed by atoms with E-state index in [4.69, 9.17) is 0 Å². The van der Waals surface area contributed by atoms with Crippen molar-refractivity contribution in [2.24, 2.45) is 7.05 Å². The number of nitrogens with zero attached hydrogens (tertiary/aromatic N) is 6. The molecule has 4 heterocycles. The van der Waals surface area contributed by atoms with Gasteiger partial charge in [-0.3, -0.25) is 19.4 Å². The van der Waals surface area contributed by atoms with E-state index >= 15 is 0 Å². The summed E-state index contributed by atoms with van der Waals surface area (Å²) >= 11 is 0. The lowest BCUT2D eigenvalue weighted by atomic mass is 9.98. The molecule has 0 spiro atoms. The summed E-state index contributed by atoms with van der Waals surface area (Å²) in [5.74, 6) is -0.597. The summed E-state index contributed by atoms with van der Waals surface area (Å²) in [5, 5.41) is 27.9. The van der Waals surface area contributed by atoms with Crippen LogP contribution in [-0.2, 0) is 13.6 Å². The van der Waals surface area contributed by atoms with Crippen LogP contribution >= 0.6 is 0 Å². The van der Waals surface area contributed by atoms with E-state index in [9.17, 15) is 9.59 Å². The van der Waals surface area contributed by atoms with Crippen molar-refractivity contribution in [3.63, 3.8) is 0 Å². The SMILES string of the molecule is CNC(=O)c1nnc(NC(=O)c2cnn(C)c2)cc1Nc1cccc2c1N(C)Cc1[nH]ncc1-2. The fourth-order valence-electron chi connectivity index (χ4n) is 3.96. The lowest BCUT2D eigenvalue weighted by Gasteiger charge is -2.30. The molecule has 172 valence electrons. The Balaban J connectivity index is 1.52. The number of nitrogens with one attached hydrogen (secondary N) is 4. The predicted octanol–water partition coefficient (Wildman–Crippen LogP) is 1.91. The number of hydrogen-bond acceptors (Lipinski definition) is 8. The van der Waals surface area contributed by atoms with E-state index in [1.165, 1.54) is 17.9 Å². The van der Waals surface area contributed by atoms with E-state index in [1.807, 2.05) is 25.2 Å². The molecule has 1 aliphatic heterocycles. The topological polar surface area (TPSA) is 146 Å². The van der Waals surface area contributed by atoms with Crippen LogP contribution in [0, 0.1) is 0 Å². The molecule has 3 aromatic heterocycles. The maximum atomic E-state index is 12.6. The zero-order chi connectivity index (χ0) is 23.8. The van der Waals surface area contributed by atoms with Crippen LogP contribution in [0.5, 0.6) is 0 Å². The average molecular weight is 458 g/mol. The van der Waals surface area contributed by atoms with Crippen molar-refractivity contribution >= 4 is 34.7 Å². The third-order valence-corrected chi connectivity index (χ3v) is 5.54. The lowest BCUT2D eigenvalue weighted by molar-refractivity contribution is 0.0957. The molecule has 34 heavy (non-hydrogen) atoms. The number of anilines is 4. The summed E-state index contributed by atoms with van der Waals surface area (Å²) in [7, 11) is 5.23. The average Bonchev–Trinajstić information content (AvgIpc) is 3.48. The van der Waals surface area contributed by atoms with Gasteiger partial charge in [0.25, 0.3) is 11.8 Å². The Morgan fingerprint density at radius 1 is 1.06 bits per heavy atom. The highest BCUT2D eigenvalue weighted by Crippen LogP contribution is 2.43. The third kappa shape index (κ3) is 3.70. The first-order valence-electron chi connectivity index (χ1n) is 10.5. The van der Waals surface area contributed by atoms with E-state index in [2.05, 4.69) is 46.3 Å². The Labute approximate surface area is 194 Å². The maximum absolute atomic E-state index is 12.6. The minimum Gasteiger partial charge on any atom is -0.367 e. The minimum atomic E-state index is -0.407. The third-order valence-electron chi connectivity index (χ3n) is 5.54. The van der Waals surface area contributed by atoms with Gasteiger partial charge in [0.05, 0.1) is 47.3 Å². The fraction of sp³-hybridized carbons (Fsp3) is 0.182. The number of hydrogen-bond donors (Lipinski definition) is 4. The molecule has 4 N–H and O–H groups in total. The smallest absolute Gasteiger partial charge is 0.273 e. The number of carbonyl (C=O) groups excluding carboxylic acids is 2. The minimum absolute atomic E-state index is 0.0990. The number of fused-ring (bicyclic) bond motifs is 3. The number of amides is 2. The van der Waals surface area contributed by atoms with Crippen LogP contribution in [0.15, 0.2) is 42.9 Å². The normalized spacial score (nSPS) is 12.0. The van der Waals surface area contributed by atoms with Gasteiger partial charge in [-0.1, -0.05) is 12.1 Å². The van der Waals surface area contributed by atoms with Crippen molar-refractivity contribution in [2.75, 3.05) is 29.6 Å². The summed E-state index contributed by atoms with van der Waals surface area (Å²) in [6, 6.07) is 7.45. The molecule has 0 radical (unpaired) electrons. The van der Waals surface area contributed by atoms with E-state index in [0.717, 1.165) is 28.2 Å². The van der Waals surface area contributed by atoms with Crippen molar-refractivity contribution < 1.29 is 9.59 Å². The van der Waals surface area contributed by atoms with Crippen LogP contribution in [0.25, 0.3) is 11.1 Å². The molecular weight excluding hydrogens is 436 g/mol. The second-order valence-electron chi connectivity index (χ2n) is 7.87. The number of rotatable bonds is 5. The quantitative estimate of drug-likeness (QED) is 0.355. The molecule has 1 aliphatic rings. The molecule has 12 nitrogen and oxygen atoms in total. The lowest BCUT2D eigenvalue weighted by Crippen LogP contribution is -2.24. The molecule has 0 saturated heterocycles. The van der Waals surface area contributed by atoms with Crippen LogP contribution in [0.4, 0.5) is 22.9 Å². The molecule has 4 aromatic rings. The van der Waals surface area contributed by atoms with Crippen molar-refractivity contribution in [2.45, 2.75) is 6.54 Å². The van der Waals surface area contributed by atoms with Crippen LogP contribution in [0.3, 0.4) is 0 Å². The Morgan fingerprint density at radius 3 is 2.68 bits per heavy atom. The summed E-state index contributed by atoms with van der Waals surface area (Å²) < 4.78 is 1.53. The molecule has 0 saturated carbocycles. The van der Waals surface area contributed by atoms with Gasteiger partial charge in [-0.25, -0.2) is 0 Å². The van der Waals surface area contributed by atoms with Crippen molar-refractivity contribution in [3.8, 4) is 11.1 Å². The van der Waals surface area contributed by atoms with Gasteiger partial charge in [0.1, 0.15) is 0 Å². The summed E-state index contributed by atoms with van der Waals surface area (Å²) in [6.07, 6.45) is 4.86. The van der Waals surface area contributed by atoms with Crippen LogP contribution < -0.4 is 20.9 Å². The van der Waals surface area contributed by atoms with Crippen LogP contribution in [0.1, 0.15) is 26.5 Å². The zero-order valence-electron chi connectivity index (χ0n) is 18.7. The predicted molar refractivity (Wildman–Crippen MR) is 126 cm³/mol. The highest BCUT2D eigenvalue weighted by molar-refractivity contribution is 6.04. The Hall–Kier alpha value is -4.74. The molecule has 1 aromatic carbocycles. The van der Waals surface area contributed by atoms with Gasteiger partial charge in [-0.15, -0.1) is 10.2 Å². The van der Waals surface area contributed by atoms with E-state index in [1.54, 1.807) is 25.5 Å². The van der Waals surface area contributed by atoms with E-state index < -0.39 is 5.91 Å². The van der Waals surface area contributed by atoms with Gasteiger partial charge in [0, 0.05) is 44.5 Å². The molecule has 0 aliphatic carbocycles. The van der Waals surface area contributed by atoms with Gasteiger partial charge in [-0.05, 0) is 6.07 Å². The molecule has 0 unspecified atom stereocenters. The van der Waals surface area contributed by atoms with Crippen molar-refractivity contribution in [1.82, 2.24) is 35.5 Å². The van der Waals surface area contributed by atoms with Crippen LogP contribution in [-0.4, -0.2) is 56.1 Å². The highest BCUT2D eigenvalue weighted by atomic mass is 16.2. The maximum Gasteiger partial charge on any atom is 0.273 e. The van der Waals surface area contributed by atoms with Crippen molar-refractivity contribution in [3.05, 3.63) is 59.8 Å². The summed E-state index contributed by atoms with van der Waals surface area (Å²) in [4.78, 5) is 27.1. The van der Waals surface area contributed by atoms with Gasteiger partial charge in [-0.2, -0.15) is 10.2 Å². The largest absolute Gasteiger partial charge is 0.367 e. The molecule has 0 atom stereocenters. The second kappa shape index (κ2) is 8.31. The highest BCUT2D eigenvalue weighted by Gasteiger charge is 2.25. The van der Waals surface area contributed by atoms with Crippen molar-refractivity contribution in [1.29, 1.82) is 0 Å². The number of aromatic amines is 1. The molecular formula is C22H22N10O2. The monoisotopic (exact) mass is 458 g/mol. The summed E-state index contributed by atoms with van der Waals surface area (Å²) in [6.45, 7) is 0.657. The second-order valence-corrected chi connectivity index (χ2v) is 7.87. The number of benzene rings is 1. The number of H-pyrrole nitrogens is 1. The molecule has 0 bridgehead atoms. The number of carbonyl (C=O) groups is 2. The first-order valence-corrected chi connectivity index (χ1v) is 10.5.